The Balaban J connectivity index is 1.72. The van der Waals surface area contributed by atoms with Crippen molar-refractivity contribution in [3.8, 4) is 17.0 Å². The normalized spacial score (nSPS) is 11.9. The molecular weight excluding hydrogens is 433 g/mol. The summed E-state index contributed by atoms with van der Waals surface area (Å²) in [6.45, 7) is 0.192. The van der Waals surface area contributed by atoms with Gasteiger partial charge < -0.3 is 5.11 Å². The van der Waals surface area contributed by atoms with Gasteiger partial charge in [-0.15, -0.1) is 0 Å². The molecule has 0 saturated heterocycles. The maximum Gasteiger partial charge on any atom is 0.258 e. The lowest BCUT2D eigenvalue weighted by Gasteiger charge is -2.08. The maximum atomic E-state index is 14.2. The van der Waals surface area contributed by atoms with Crippen molar-refractivity contribution in [2.45, 2.75) is 11.4 Å². The highest BCUT2D eigenvalue weighted by Crippen LogP contribution is 2.28. The number of hydrogen-bond donors (Lipinski definition) is 3. The molecule has 0 radical (unpaired) electrons. The first-order valence-electron chi connectivity index (χ1n) is 9.49. The van der Waals surface area contributed by atoms with E-state index >= 15 is 0 Å². The smallest absolute Gasteiger partial charge is 0.258 e. The third kappa shape index (κ3) is 4.29. The molecule has 0 fully saturated rings. The van der Waals surface area contributed by atoms with E-state index in [9.17, 15) is 22.7 Å². The number of rotatable bonds is 5. The number of nitrogens with one attached hydrogen (secondary N) is 1. The molecule has 0 unspecified atom stereocenters. The number of fused-ring (bicyclic) bond motifs is 1. The van der Waals surface area contributed by atoms with Gasteiger partial charge >= 0.3 is 0 Å². The standard InChI is InChI=1S/C23H18FN3O4S/c24-21-4-2-1-3-17(21)15-7-10-18-19(11-15)20(23(29)27-22(18)28)13-26-12-14-5-8-16(9-6-14)32(25,30)31/h1-11,13H,12H2,(H2,25,30,31)(H2,27,28,29). The van der Waals surface area contributed by atoms with Crippen molar-refractivity contribution in [2.24, 2.45) is 10.1 Å². The van der Waals surface area contributed by atoms with E-state index in [4.69, 9.17) is 5.14 Å². The zero-order chi connectivity index (χ0) is 22.9. The zero-order valence-corrected chi connectivity index (χ0v) is 17.4. The SMILES string of the molecule is NS(=O)(=O)c1ccc(CN=Cc2c(O)[nH]c(=O)c3ccc(-c4ccccc4F)cc23)cc1. The largest absolute Gasteiger partial charge is 0.494 e. The average Bonchev–Trinajstić information content (AvgIpc) is 2.75. The van der Waals surface area contributed by atoms with Crippen LogP contribution in [0.2, 0.25) is 0 Å². The van der Waals surface area contributed by atoms with Gasteiger partial charge in [0.15, 0.2) is 0 Å². The molecule has 0 aliphatic heterocycles. The van der Waals surface area contributed by atoms with Gasteiger partial charge in [0.05, 0.1) is 17.0 Å². The molecule has 4 N–H and O–H groups in total. The van der Waals surface area contributed by atoms with Crippen LogP contribution in [0, 0.1) is 5.82 Å². The van der Waals surface area contributed by atoms with E-state index in [-0.39, 0.29) is 22.9 Å². The molecule has 0 aliphatic rings. The third-order valence-electron chi connectivity index (χ3n) is 4.97. The Morgan fingerprint density at radius 3 is 2.44 bits per heavy atom. The Labute approximate surface area is 182 Å². The Bertz CT molecular complexity index is 1510. The number of aromatic hydroxyl groups is 1. The number of sulfonamides is 1. The second-order valence-corrected chi connectivity index (χ2v) is 8.68. The molecule has 0 amide bonds. The molecule has 1 aromatic heterocycles. The van der Waals surface area contributed by atoms with Crippen molar-refractivity contribution in [3.05, 3.63) is 94.0 Å². The summed E-state index contributed by atoms with van der Waals surface area (Å²) in [5.41, 5.74) is 1.43. The highest BCUT2D eigenvalue weighted by molar-refractivity contribution is 7.89. The molecule has 4 aromatic rings. The van der Waals surface area contributed by atoms with E-state index in [0.717, 1.165) is 0 Å². The van der Waals surface area contributed by atoms with Crippen molar-refractivity contribution in [1.29, 1.82) is 0 Å². The number of nitrogens with two attached hydrogens (primary N) is 1. The Kier molecular flexibility index (Phi) is 5.60. The number of aromatic nitrogens is 1. The molecule has 7 nitrogen and oxygen atoms in total. The first kappa shape index (κ1) is 21.4. The first-order chi connectivity index (χ1) is 15.2. The van der Waals surface area contributed by atoms with Crippen LogP contribution < -0.4 is 10.7 Å². The van der Waals surface area contributed by atoms with Crippen LogP contribution in [0.15, 0.2) is 81.4 Å². The predicted octanol–water partition coefficient (Wildman–Crippen LogP) is 3.31. The van der Waals surface area contributed by atoms with Crippen LogP contribution in [-0.4, -0.2) is 24.7 Å². The molecule has 0 saturated carbocycles. The lowest BCUT2D eigenvalue weighted by atomic mass is 9.99. The molecular formula is C23H18FN3O4S. The lowest BCUT2D eigenvalue weighted by molar-refractivity contribution is 0.452. The van der Waals surface area contributed by atoms with Gasteiger partial charge in [-0.1, -0.05) is 36.4 Å². The van der Waals surface area contributed by atoms with Gasteiger partial charge in [-0.05, 0) is 41.5 Å². The highest BCUT2D eigenvalue weighted by atomic mass is 32.2. The van der Waals surface area contributed by atoms with Crippen LogP contribution in [0.4, 0.5) is 4.39 Å². The van der Waals surface area contributed by atoms with Gasteiger partial charge in [-0.3, -0.25) is 14.8 Å². The number of nitrogens with zero attached hydrogens (tertiary/aromatic N) is 1. The van der Waals surface area contributed by atoms with E-state index < -0.39 is 21.4 Å². The first-order valence-corrected chi connectivity index (χ1v) is 11.0. The summed E-state index contributed by atoms with van der Waals surface area (Å²) in [6, 6.07) is 17.0. The van der Waals surface area contributed by atoms with E-state index in [0.29, 0.717) is 27.5 Å². The lowest BCUT2D eigenvalue weighted by Crippen LogP contribution is -2.11. The van der Waals surface area contributed by atoms with Crippen LogP contribution in [0.1, 0.15) is 11.1 Å². The van der Waals surface area contributed by atoms with Crippen LogP contribution >= 0.6 is 0 Å². The van der Waals surface area contributed by atoms with Crippen LogP contribution in [0.25, 0.3) is 21.9 Å². The Morgan fingerprint density at radius 2 is 1.75 bits per heavy atom. The van der Waals surface area contributed by atoms with Gasteiger partial charge in [0.2, 0.25) is 15.9 Å². The molecule has 0 spiro atoms. The molecule has 32 heavy (non-hydrogen) atoms. The fourth-order valence-electron chi connectivity index (χ4n) is 3.36. The molecule has 4 rings (SSSR count). The fraction of sp³-hybridized carbons (Fsp3) is 0.0435. The number of H-pyrrole nitrogens is 1. The second-order valence-electron chi connectivity index (χ2n) is 7.12. The zero-order valence-electron chi connectivity index (χ0n) is 16.6. The van der Waals surface area contributed by atoms with Gasteiger partial charge in [-0.25, -0.2) is 17.9 Å². The predicted molar refractivity (Wildman–Crippen MR) is 121 cm³/mol. The molecule has 3 aromatic carbocycles. The van der Waals surface area contributed by atoms with Crippen LogP contribution in [-0.2, 0) is 16.6 Å². The molecule has 9 heteroatoms. The van der Waals surface area contributed by atoms with Gasteiger partial charge in [0, 0.05) is 22.6 Å². The molecule has 0 bridgehead atoms. The minimum Gasteiger partial charge on any atom is -0.494 e. The minimum atomic E-state index is -3.78. The van der Waals surface area contributed by atoms with Crippen molar-refractivity contribution in [2.75, 3.05) is 0 Å². The second kappa shape index (κ2) is 8.37. The highest BCUT2D eigenvalue weighted by Gasteiger charge is 2.12. The number of benzene rings is 3. The van der Waals surface area contributed by atoms with Crippen molar-refractivity contribution in [3.63, 3.8) is 0 Å². The van der Waals surface area contributed by atoms with Crippen molar-refractivity contribution < 1.29 is 17.9 Å². The summed E-state index contributed by atoms with van der Waals surface area (Å²) < 4.78 is 36.9. The third-order valence-corrected chi connectivity index (χ3v) is 5.90. The molecule has 162 valence electrons. The minimum absolute atomic E-state index is 0.00447. The number of aliphatic imine (C=N–C) groups is 1. The van der Waals surface area contributed by atoms with E-state index in [2.05, 4.69) is 9.98 Å². The van der Waals surface area contributed by atoms with Crippen LogP contribution in [0.3, 0.4) is 0 Å². The summed E-state index contributed by atoms with van der Waals surface area (Å²) in [4.78, 5) is 19.0. The summed E-state index contributed by atoms with van der Waals surface area (Å²) >= 11 is 0. The fourth-order valence-corrected chi connectivity index (χ4v) is 3.87. The molecule has 0 atom stereocenters. The summed E-state index contributed by atoms with van der Waals surface area (Å²) in [5.74, 6) is -0.763. The van der Waals surface area contributed by atoms with Crippen molar-refractivity contribution >= 4 is 27.0 Å². The van der Waals surface area contributed by atoms with Crippen molar-refractivity contribution in [1.82, 2.24) is 4.98 Å². The number of primary sulfonamides is 1. The summed E-state index contributed by atoms with van der Waals surface area (Å²) in [7, 11) is -3.78. The Hall–Kier alpha value is -3.82. The summed E-state index contributed by atoms with van der Waals surface area (Å²) in [5, 5.41) is 16.2. The quantitative estimate of drug-likeness (QED) is 0.403. The topological polar surface area (TPSA) is 126 Å². The maximum absolute atomic E-state index is 14.2. The van der Waals surface area contributed by atoms with Gasteiger partial charge in [0.25, 0.3) is 5.56 Å². The number of halogens is 1. The number of aromatic amines is 1. The average molecular weight is 451 g/mol. The monoisotopic (exact) mass is 451 g/mol. The van der Waals surface area contributed by atoms with Gasteiger partial charge in [0.1, 0.15) is 5.82 Å². The van der Waals surface area contributed by atoms with Gasteiger partial charge in [-0.2, -0.15) is 0 Å². The Morgan fingerprint density at radius 1 is 1.03 bits per heavy atom. The number of hydrogen-bond acceptors (Lipinski definition) is 5. The van der Waals surface area contributed by atoms with E-state index in [1.165, 1.54) is 24.4 Å². The van der Waals surface area contributed by atoms with E-state index in [1.807, 2.05) is 0 Å². The molecule has 0 aliphatic carbocycles. The number of pyridine rings is 1. The summed E-state index contributed by atoms with van der Waals surface area (Å²) in [6.07, 6.45) is 1.41. The molecule has 1 heterocycles. The van der Waals surface area contributed by atoms with E-state index in [1.54, 1.807) is 48.5 Å². The van der Waals surface area contributed by atoms with Crippen LogP contribution in [0.5, 0.6) is 5.88 Å².